The van der Waals surface area contributed by atoms with Gasteiger partial charge in [-0.2, -0.15) is 4.98 Å². The van der Waals surface area contributed by atoms with Crippen LogP contribution in [0.4, 0.5) is 0 Å². The Morgan fingerprint density at radius 1 is 1.10 bits per heavy atom. The van der Waals surface area contributed by atoms with E-state index in [0.717, 1.165) is 16.8 Å². The molecule has 0 N–H and O–H groups in total. The van der Waals surface area contributed by atoms with E-state index in [9.17, 15) is 4.79 Å². The number of hydrogen-bond acceptors (Lipinski definition) is 7. The van der Waals surface area contributed by atoms with E-state index in [4.69, 9.17) is 9.26 Å². The molecule has 0 aliphatic carbocycles. The smallest absolute Gasteiger partial charge is 0.274 e. The zero-order valence-corrected chi connectivity index (χ0v) is 16.4. The van der Waals surface area contributed by atoms with Gasteiger partial charge in [-0.05, 0) is 18.2 Å². The summed E-state index contributed by atoms with van der Waals surface area (Å²) in [5, 5.41) is 4.08. The van der Waals surface area contributed by atoms with Crippen LogP contribution in [0.3, 0.4) is 0 Å². The molecular weight excluding hydrogens is 382 g/mol. The molecule has 1 amide bonds. The second-order valence-corrected chi connectivity index (χ2v) is 7.19. The van der Waals surface area contributed by atoms with E-state index in [2.05, 4.69) is 20.1 Å². The molecule has 2 aromatic carbocycles. The molecule has 150 valence electrons. The molecule has 0 atom stereocenters. The third kappa shape index (κ3) is 3.36. The Morgan fingerprint density at radius 2 is 1.87 bits per heavy atom. The minimum absolute atomic E-state index is 0.0290. The van der Waals surface area contributed by atoms with Crippen LogP contribution in [0.1, 0.15) is 33.7 Å². The highest BCUT2D eigenvalue weighted by atomic mass is 16.5. The minimum Gasteiger partial charge on any atom is -0.496 e. The first-order chi connectivity index (χ1) is 14.7. The molecule has 1 saturated heterocycles. The van der Waals surface area contributed by atoms with E-state index in [1.165, 1.54) is 6.20 Å². The SMILES string of the molecule is COc1ccccc1Cc1noc(C2CN(C(=O)c3cnc4ccccc4n3)C2)n1. The first-order valence-electron chi connectivity index (χ1n) is 9.66. The van der Waals surface area contributed by atoms with Crippen molar-refractivity contribution in [1.29, 1.82) is 0 Å². The van der Waals surface area contributed by atoms with Crippen LogP contribution in [0.25, 0.3) is 11.0 Å². The van der Waals surface area contributed by atoms with E-state index in [0.29, 0.717) is 42.4 Å². The van der Waals surface area contributed by atoms with Crippen LogP contribution >= 0.6 is 0 Å². The van der Waals surface area contributed by atoms with Crippen LogP contribution in [-0.4, -0.2) is 51.1 Å². The lowest BCUT2D eigenvalue weighted by atomic mass is 9.99. The maximum absolute atomic E-state index is 12.7. The maximum Gasteiger partial charge on any atom is 0.274 e. The Labute approximate surface area is 172 Å². The summed E-state index contributed by atoms with van der Waals surface area (Å²) in [7, 11) is 1.64. The normalized spacial score (nSPS) is 14.0. The van der Waals surface area contributed by atoms with Crippen molar-refractivity contribution < 1.29 is 14.1 Å². The van der Waals surface area contributed by atoms with Crippen LogP contribution in [0.15, 0.2) is 59.3 Å². The zero-order chi connectivity index (χ0) is 20.5. The summed E-state index contributed by atoms with van der Waals surface area (Å²) in [6, 6.07) is 15.2. The summed E-state index contributed by atoms with van der Waals surface area (Å²) in [5.74, 6) is 1.83. The van der Waals surface area contributed by atoms with Gasteiger partial charge >= 0.3 is 0 Å². The summed E-state index contributed by atoms with van der Waals surface area (Å²) >= 11 is 0. The van der Waals surface area contributed by atoms with Crippen molar-refractivity contribution in [1.82, 2.24) is 25.0 Å². The number of likely N-dealkylation sites (tertiary alicyclic amines) is 1. The van der Waals surface area contributed by atoms with Gasteiger partial charge in [0, 0.05) is 25.1 Å². The number of aromatic nitrogens is 4. The van der Waals surface area contributed by atoms with E-state index in [1.807, 2.05) is 48.5 Å². The lowest BCUT2D eigenvalue weighted by molar-refractivity contribution is 0.0563. The molecule has 1 fully saturated rings. The van der Waals surface area contributed by atoms with Crippen LogP contribution in [0.5, 0.6) is 5.75 Å². The molecule has 0 bridgehead atoms. The van der Waals surface area contributed by atoms with Crippen molar-refractivity contribution in [3.8, 4) is 5.75 Å². The Hall–Kier alpha value is -3.81. The third-order valence-corrected chi connectivity index (χ3v) is 5.21. The molecule has 5 rings (SSSR count). The molecule has 1 aliphatic heterocycles. The topological polar surface area (TPSA) is 94.2 Å². The number of methoxy groups -OCH3 is 1. The average molecular weight is 401 g/mol. The molecule has 0 unspecified atom stereocenters. The number of para-hydroxylation sites is 3. The van der Waals surface area contributed by atoms with Gasteiger partial charge in [-0.3, -0.25) is 9.78 Å². The van der Waals surface area contributed by atoms with Crippen molar-refractivity contribution in [2.24, 2.45) is 0 Å². The van der Waals surface area contributed by atoms with E-state index in [-0.39, 0.29) is 11.8 Å². The Balaban J connectivity index is 1.24. The fourth-order valence-electron chi connectivity index (χ4n) is 3.55. The molecule has 0 saturated carbocycles. The lowest BCUT2D eigenvalue weighted by Crippen LogP contribution is -2.48. The summed E-state index contributed by atoms with van der Waals surface area (Å²) in [5.41, 5.74) is 2.81. The van der Waals surface area contributed by atoms with Gasteiger partial charge in [-0.1, -0.05) is 35.5 Å². The van der Waals surface area contributed by atoms with Gasteiger partial charge < -0.3 is 14.2 Å². The van der Waals surface area contributed by atoms with E-state index < -0.39 is 0 Å². The number of hydrogen-bond donors (Lipinski definition) is 0. The van der Waals surface area contributed by atoms with Crippen molar-refractivity contribution in [3.05, 3.63) is 77.7 Å². The van der Waals surface area contributed by atoms with Crippen LogP contribution in [-0.2, 0) is 6.42 Å². The highest BCUT2D eigenvalue weighted by molar-refractivity contribution is 5.94. The number of ether oxygens (including phenoxy) is 1. The monoisotopic (exact) mass is 401 g/mol. The van der Waals surface area contributed by atoms with Crippen LogP contribution in [0, 0.1) is 0 Å². The third-order valence-electron chi connectivity index (χ3n) is 5.21. The summed E-state index contributed by atoms with van der Waals surface area (Å²) in [6.45, 7) is 1.03. The highest BCUT2D eigenvalue weighted by Crippen LogP contribution is 2.28. The van der Waals surface area contributed by atoms with Crippen LogP contribution < -0.4 is 4.74 Å². The molecule has 0 spiro atoms. The molecule has 1 aliphatic rings. The molecular formula is C22H19N5O3. The lowest BCUT2D eigenvalue weighted by Gasteiger charge is -2.36. The molecule has 0 radical (unpaired) electrons. The first-order valence-corrected chi connectivity index (χ1v) is 9.66. The summed E-state index contributed by atoms with van der Waals surface area (Å²) in [4.78, 5) is 27.7. The summed E-state index contributed by atoms with van der Waals surface area (Å²) in [6.07, 6.45) is 2.05. The maximum atomic E-state index is 12.7. The number of carbonyl (C=O) groups is 1. The summed E-state index contributed by atoms with van der Waals surface area (Å²) < 4.78 is 10.8. The number of fused-ring (bicyclic) bond motifs is 1. The predicted molar refractivity (Wildman–Crippen MR) is 108 cm³/mol. The number of carbonyl (C=O) groups excluding carboxylic acids is 1. The van der Waals surface area contributed by atoms with Gasteiger partial charge in [0.05, 0.1) is 30.3 Å². The van der Waals surface area contributed by atoms with Crippen molar-refractivity contribution in [3.63, 3.8) is 0 Å². The fourth-order valence-corrected chi connectivity index (χ4v) is 3.55. The quantitative estimate of drug-likeness (QED) is 0.507. The largest absolute Gasteiger partial charge is 0.496 e. The molecule has 8 nitrogen and oxygen atoms in total. The van der Waals surface area contributed by atoms with Gasteiger partial charge in [-0.25, -0.2) is 4.98 Å². The molecule has 8 heteroatoms. The second kappa shape index (κ2) is 7.55. The van der Waals surface area contributed by atoms with E-state index >= 15 is 0 Å². The Kier molecular flexibility index (Phi) is 4.59. The van der Waals surface area contributed by atoms with Gasteiger partial charge in [0.1, 0.15) is 11.4 Å². The molecule has 2 aromatic heterocycles. The first kappa shape index (κ1) is 18.2. The molecule has 4 aromatic rings. The van der Waals surface area contributed by atoms with Crippen molar-refractivity contribution >= 4 is 16.9 Å². The minimum atomic E-state index is -0.140. The Morgan fingerprint density at radius 3 is 2.70 bits per heavy atom. The number of amides is 1. The van der Waals surface area contributed by atoms with Gasteiger partial charge in [0.25, 0.3) is 5.91 Å². The standard InChI is InChI=1S/C22H19N5O3/c1-29-19-9-5-2-6-14(19)10-20-25-21(30-26-20)15-12-27(13-15)22(28)18-11-23-16-7-3-4-8-17(16)24-18/h2-9,11,15H,10,12-13H2,1H3. The Bertz CT molecular complexity index is 1220. The van der Waals surface area contributed by atoms with Gasteiger partial charge in [0.2, 0.25) is 5.89 Å². The zero-order valence-electron chi connectivity index (χ0n) is 16.4. The number of nitrogens with zero attached hydrogens (tertiary/aromatic N) is 5. The van der Waals surface area contributed by atoms with Crippen molar-refractivity contribution in [2.75, 3.05) is 20.2 Å². The van der Waals surface area contributed by atoms with Gasteiger partial charge in [0.15, 0.2) is 5.82 Å². The number of rotatable bonds is 5. The molecule has 3 heterocycles. The average Bonchev–Trinajstić information content (AvgIpc) is 3.20. The fraction of sp³-hybridized carbons (Fsp3) is 0.227. The number of benzene rings is 2. The second-order valence-electron chi connectivity index (χ2n) is 7.19. The van der Waals surface area contributed by atoms with Crippen LogP contribution in [0.2, 0.25) is 0 Å². The van der Waals surface area contributed by atoms with Crippen molar-refractivity contribution in [2.45, 2.75) is 12.3 Å². The van der Waals surface area contributed by atoms with Gasteiger partial charge in [-0.15, -0.1) is 0 Å². The molecule has 30 heavy (non-hydrogen) atoms. The van der Waals surface area contributed by atoms with E-state index in [1.54, 1.807) is 12.0 Å². The predicted octanol–water partition coefficient (Wildman–Crippen LogP) is 2.85. The highest BCUT2D eigenvalue weighted by Gasteiger charge is 2.36.